The minimum atomic E-state index is -0.837. The number of hydrogen-bond acceptors (Lipinski definition) is 1. The van der Waals surface area contributed by atoms with Crippen molar-refractivity contribution in [2.45, 2.75) is 19.4 Å². The van der Waals surface area contributed by atoms with E-state index in [0.29, 0.717) is 5.56 Å². The van der Waals surface area contributed by atoms with E-state index in [2.05, 4.69) is 15.9 Å². The maximum Gasteiger partial charge on any atom is 0.128 e. The molecule has 2 aromatic rings. The van der Waals surface area contributed by atoms with Crippen LogP contribution in [0.4, 0.5) is 4.39 Å². The Morgan fingerprint density at radius 2 is 1.72 bits per heavy atom. The van der Waals surface area contributed by atoms with Crippen molar-refractivity contribution in [1.29, 1.82) is 0 Å². The molecule has 0 aliphatic heterocycles. The van der Waals surface area contributed by atoms with Crippen molar-refractivity contribution >= 4 is 15.9 Å². The molecule has 1 unspecified atom stereocenters. The van der Waals surface area contributed by atoms with Gasteiger partial charge < -0.3 is 5.73 Å². The van der Waals surface area contributed by atoms with Gasteiger partial charge in [0.15, 0.2) is 0 Å². The summed E-state index contributed by atoms with van der Waals surface area (Å²) in [4.78, 5) is 0. The van der Waals surface area contributed by atoms with E-state index in [1.54, 1.807) is 12.1 Å². The fourth-order valence-corrected chi connectivity index (χ4v) is 2.25. The molecule has 0 saturated carbocycles. The van der Waals surface area contributed by atoms with Gasteiger partial charge in [-0.2, -0.15) is 0 Å². The van der Waals surface area contributed by atoms with Crippen LogP contribution in [0.5, 0.6) is 0 Å². The van der Waals surface area contributed by atoms with Crippen molar-refractivity contribution in [2.24, 2.45) is 5.73 Å². The predicted octanol–water partition coefficient (Wildman–Crippen LogP) is 4.12. The lowest BCUT2D eigenvalue weighted by atomic mass is 9.85. The standard InChI is InChI=1S/C15H15BrFN/c1-10-3-8-14(17)13(9-10)15(2,18)11-4-6-12(16)7-5-11/h3-9H,18H2,1-2H3. The average molecular weight is 308 g/mol. The Morgan fingerprint density at radius 3 is 2.33 bits per heavy atom. The molecule has 0 heterocycles. The zero-order chi connectivity index (χ0) is 13.3. The van der Waals surface area contributed by atoms with E-state index >= 15 is 0 Å². The van der Waals surface area contributed by atoms with Gasteiger partial charge >= 0.3 is 0 Å². The van der Waals surface area contributed by atoms with Crippen molar-refractivity contribution in [2.75, 3.05) is 0 Å². The minimum Gasteiger partial charge on any atom is -0.318 e. The number of nitrogens with two attached hydrogens (primary N) is 1. The Labute approximate surface area is 115 Å². The van der Waals surface area contributed by atoms with E-state index < -0.39 is 5.54 Å². The van der Waals surface area contributed by atoms with E-state index in [9.17, 15) is 4.39 Å². The smallest absolute Gasteiger partial charge is 0.128 e. The number of rotatable bonds is 2. The highest BCUT2D eigenvalue weighted by molar-refractivity contribution is 9.10. The van der Waals surface area contributed by atoms with Crippen molar-refractivity contribution < 1.29 is 4.39 Å². The number of benzene rings is 2. The lowest BCUT2D eigenvalue weighted by molar-refractivity contribution is 0.530. The summed E-state index contributed by atoms with van der Waals surface area (Å²) in [6.45, 7) is 3.76. The molecule has 0 amide bonds. The molecular formula is C15H15BrFN. The van der Waals surface area contributed by atoms with Crippen molar-refractivity contribution in [3.63, 3.8) is 0 Å². The molecule has 2 aromatic carbocycles. The fourth-order valence-electron chi connectivity index (χ4n) is 1.99. The van der Waals surface area contributed by atoms with E-state index in [-0.39, 0.29) is 5.82 Å². The molecule has 0 aromatic heterocycles. The molecule has 94 valence electrons. The maximum atomic E-state index is 13.9. The average Bonchev–Trinajstić information content (AvgIpc) is 2.32. The number of halogens is 2. The second-order valence-electron chi connectivity index (χ2n) is 4.69. The van der Waals surface area contributed by atoms with Crippen LogP contribution in [0, 0.1) is 12.7 Å². The van der Waals surface area contributed by atoms with Gasteiger partial charge in [0.25, 0.3) is 0 Å². The van der Waals surface area contributed by atoms with Gasteiger partial charge in [-0.15, -0.1) is 0 Å². The van der Waals surface area contributed by atoms with E-state index in [1.807, 2.05) is 38.1 Å². The minimum absolute atomic E-state index is 0.270. The van der Waals surface area contributed by atoms with E-state index in [4.69, 9.17) is 5.73 Å². The molecule has 0 bridgehead atoms. The van der Waals surface area contributed by atoms with Gasteiger partial charge in [0.1, 0.15) is 5.82 Å². The van der Waals surface area contributed by atoms with Gasteiger partial charge in [-0.05, 0) is 37.6 Å². The van der Waals surface area contributed by atoms with E-state index in [0.717, 1.165) is 15.6 Å². The molecule has 3 heteroatoms. The van der Waals surface area contributed by atoms with Crippen LogP contribution in [0.3, 0.4) is 0 Å². The van der Waals surface area contributed by atoms with Crippen molar-refractivity contribution in [3.8, 4) is 0 Å². The molecule has 1 atom stereocenters. The highest BCUT2D eigenvalue weighted by atomic mass is 79.9. The molecular weight excluding hydrogens is 293 g/mol. The third-order valence-electron chi connectivity index (χ3n) is 3.13. The van der Waals surface area contributed by atoms with Crippen LogP contribution in [-0.4, -0.2) is 0 Å². The summed E-state index contributed by atoms with van der Waals surface area (Å²) in [6, 6.07) is 12.7. The second-order valence-corrected chi connectivity index (χ2v) is 5.61. The van der Waals surface area contributed by atoms with Crippen LogP contribution in [0.15, 0.2) is 46.9 Å². The molecule has 0 saturated heterocycles. The first-order valence-corrected chi connectivity index (χ1v) is 6.52. The van der Waals surface area contributed by atoms with Crippen LogP contribution in [0.1, 0.15) is 23.6 Å². The van der Waals surface area contributed by atoms with Crippen LogP contribution in [0.25, 0.3) is 0 Å². The Balaban J connectivity index is 2.53. The lowest BCUT2D eigenvalue weighted by Crippen LogP contribution is -2.35. The highest BCUT2D eigenvalue weighted by Gasteiger charge is 2.26. The summed E-state index contributed by atoms with van der Waals surface area (Å²) in [5.41, 5.74) is 7.89. The van der Waals surface area contributed by atoms with Crippen LogP contribution < -0.4 is 5.73 Å². The van der Waals surface area contributed by atoms with Gasteiger partial charge in [-0.25, -0.2) is 4.39 Å². The molecule has 18 heavy (non-hydrogen) atoms. The Kier molecular flexibility index (Phi) is 3.55. The summed E-state index contributed by atoms with van der Waals surface area (Å²) in [5, 5.41) is 0. The molecule has 0 spiro atoms. The normalized spacial score (nSPS) is 14.3. The Bertz CT molecular complexity index is 561. The van der Waals surface area contributed by atoms with Gasteiger partial charge in [-0.1, -0.05) is 45.8 Å². The quantitative estimate of drug-likeness (QED) is 0.887. The monoisotopic (exact) mass is 307 g/mol. The SMILES string of the molecule is Cc1ccc(F)c(C(C)(N)c2ccc(Br)cc2)c1. The first-order chi connectivity index (χ1) is 8.41. The first-order valence-electron chi connectivity index (χ1n) is 5.73. The topological polar surface area (TPSA) is 26.0 Å². The van der Waals surface area contributed by atoms with Gasteiger partial charge in [-0.3, -0.25) is 0 Å². The number of hydrogen-bond donors (Lipinski definition) is 1. The predicted molar refractivity (Wildman–Crippen MR) is 75.9 cm³/mol. The van der Waals surface area contributed by atoms with E-state index in [1.165, 1.54) is 6.07 Å². The van der Waals surface area contributed by atoms with Crippen LogP contribution in [-0.2, 0) is 5.54 Å². The molecule has 0 fully saturated rings. The first kappa shape index (κ1) is 13.2. The third-order valence-corrected chi connectivity index (χ3v) is 3.65. The molecule has 2 rings (SSSR count). The molecule has 2 N–H and O–H groups in total. The second kappa shape index (κ2) is 4.82. The summed E-state index contributed by atoms with van der Waals surface area (Å²) >= 11 is 3.38. The Hall–Kier alpha value is -1.19. The third kappa shape index (κ3) is 2.47. The Morgan fingerprint density at radius 1 is 1.11 bits per heavy atom. The summed E-state index contributed by atoms with van der Waals surface area (Å²) in [6.07, 6.45) is 0. The molecule has 1 nitrogen and oxygen atoms in total. The van der Waals surface area contributed by atoms with Crippen LogP contribution >= 0.6 is 15.9 Å². The zero-order valence-electron chi connectivity index (χ0n) is 10.4. The fraction of sp³-hybridized carbons (Fsp3) is 0.200. The maximum absolute atomic E-state index is 13.9. The molecule has 0 aliphatic rings. The highest BCUT2D eigenvalue weighted by Crippen LogP contribution is 2.30. The van der Waals surface area contributed by atoms with Gasteiger partial charge in [0.2, 0.25) is 0 Å². The molecule has 0 aliphatic carbocycles. The molecule has 0 radical (unpaired) electrons. The summed E-state index contributed by atoms with van der Waals surface area (Å²) in [7, 11) is 0. The van der Waals surface area contributed by atoms with Crippen LogP contribution in [0.2, 0.25) is 0 Å². The van der Waals surface area contributed by atoms with Gasteiger partial charge in [0.05, 0.1) is 5.54 Å². The lowest BCUT2D eigenvalue weighted by Gasteiger charge is -2.27. The van der Waals surface area contributed by atoms with Crippen molar-refractivity contribution in [1.82, 2.24) is 0 Å². The zero-order valence-corrected chi connectivity index (χ0v) is 12.0. The number of aryl methyl sites for hydroxylation is 1. The largest absolute Gasteiger partial charge is 0.318 e. The van der Waals surface area contributed by atoms with Gasteiger partial charge in [0, 0.05) is 10.0 Å². The summed E-state index contributed by atoms with van der Waals surface area (Å²) in [5.74, 6) is -0.270. The van der Waals surface area contributed by atoms with Crippen molar-refractivity contribution in [3.05, 3.63) is 69.4 Å². The summed E-state index contributed by atoms with van der Waals surface area (Å²) < 4.78 is 14.9.